The van der Waals surface area contributed by atoms with Crippen LogP contribution in [0.1, 0.15) is 22.7 Å². The fourth-order valence-electron chi connectivity index (χ4n) is 5.37. The van der Waals surface area contributed by atoms with Gasteiger partial charge in [0.05, 0.1) is 28.4 Å². The van der Waals surface area contributed by atoms with Gasteiger partial charge in [-0.15, -0.1) is 0 Å². The van der Waals surface area contributed by atoms with E-state index >= 15 is 0 Å². The van der Waals surface area contributed by atoms with E-state index in [4.69, 9.17) is 23.7 Å². The molecule has 3 aromatic rings. The van der Waals surface area contributed by atoms with E-state index in [0.717, 1.165) is 59.7 Å². The van der Waals surface area contributed by atoms with Crippen LogP contribution in [0, 0.1) is 0 Å². The maximum Gasteiger partial charge on any atom is 0.166 e. The molecule has 1 unspecified atom stereocenters. The molecule has 0 radical (unpaired) electrons. The van der Waals surface area contributed by atoms with Gasteiger partial charge >= 0.3 is 0 Å². The Labute approximate surface area is 205 Å². The molecule has 0 bridgehead atoms. The summed E-state index contributed by atoms with van der Waals surface area (Å²) in [6.45, 7) is 2.17. The lowest BCUT2D eigenvalue weighted by molar-refractivity contribution is 0.146. The Morgan fingerprint density at radius 2 is 1.49 bits per heavy atom. The van der Waals surface area contributed by atoms with Crippen molar-refractivity contribution in [1.29, 1.82) is 0 Å². The smallest absolute Gasteiger partial charge is 0.166 e. The van der Waals surface area contributed by atoms with E-state index in [0.29, 0.717) is 23.9 Å². The largest absolute Gasteiger partial charge is 0.504 e. The van der Waals surface area contributed by atoms with E-state index in [9.17, 15) is 5.11 Å². The molecule has 0 saturated carbocycles. The number of phenolic OH excluding ortho intramolecular Hbond substituents is 1. The molecule has 1 N–H and O–H groups in total. The summed E-state index contributed by atoms with van der Waals surface area (Å²) < 4.78 is 28.2. The first-order chi connectivity index (χ1) is 17.1. The first-order valence-electron chi connectivity index (χ1n) is 11.8. The molecule has 0 saturated heterocycles. The third-order valence-electron chi connectivity index (χ3n) is 7.05. The molecule has 5 rings (SSSR count). The lowest BCUT2D eigenvalue weighted by Gasteiger charge is -2.42. The van der Waals surface area contributed by atoms with Gasteiger partial charge in [0, 0.05) is 24.7 Å². The minimum atomic E-state index is 0.109. The van der Waals surface area contributed by atoms with Crippen LogP contribution in [-0.4, -0.2) is 58.1 Å². The Morgan fingerprint density at radius 1 is 0.829 bits per heavy atom. The second kappa shape index (κ2) is 9.58. The van der Waals surface area contributed by atoms with E-state index in [-0.39, 0.29) is 11.8 Å². The number of ether oxygens (including phenoxy) is 5. The molecule has 1 atom stereocenters. The average molecular weight is 478 g/mol. The number of phenols is 1. The summed E-state index contributed by atoms with van der Waals surface area (Å²) in [6, 6.07) is 13.8. The molecule has 1 aliphatic heterocycles. The molecule has 0 aromatic heterocycles. The molecule has 7 nitrogen and oxygen atoms in total. The maximum absolute atomic E-state index is 11.2. The lowest BCUT2D eigenvalue weighted by atomic mass is 9.76. The molecule has 0 fully saturated rings. The molecule has 1 heterocycles. The van der Waals surface area contributed by atoms with Gasteiger partial charge in [-0.05, 0) is 65.4 Å². The van der Waals surface area contributed by atoms with E-state index in [1.165, 1.54) is 5.56 Å². The molecule has 2 aliphatic rings. The fraction of sp³-hybridized carbons (Fsp3) is 0.357. The summed E-state index contributed by atoms with van der Waals surface area (Å²) in [5, 5.41) is 11.2. The van der Waals surface area contributed by atoms with Crippen molar-refractivity contribution in [2.24, 2.45) is 0 Å². The second-order valence-electron chi connectivity index (χ2n) is 8.74. The van der Waals surface area contributed by atoms with Gasteiger partial charge in [0.2, 0.25) is 0 Å². The monoisotopic (exact) mass is 477 g/mol. The molecule has 0 amide bonds. The normalized spacial score (nSPS) is 16.2. The fourth-order valence-corrected chi connectivity index (χ4v) is 5.37. The number of aromatic hydroxyl groups is 1. The van der Waals surface area contributed by atoms with Crippen molar-refractivity contribution < 1.29 is 28.8 Å². The van der Waals surface area contributed by atoms with E-state index in [1.807, 2.05) is 42.5 Å². The maximum atomic E-state index is 11.2. The van der Waals surface area contributed by atoms with Gasteiger partial charge in [0.15, 0.2) is 34.5 Å². The van der Waals surface area contributed by atoms with Gasteiger partial charge in [-0.3, -0.25) is 4.90 Å². The van der Waals surface area contributed by atoms with Crippen LogP contribution in [-0.2, 0) is 12.8 Å². The zero-order valence-corrected chi connectivity index (χ0v) is 20.6. The van der Waals surface area contributed by atoms with Crippen LogP contribution in [0.25, 0.3) is 11.1 Å². The first kappa shape index (κ1) is 23.2. The number of methoxy groups -OCH3 is 4. The predicted octanol–water partition coefficient (Wildman–Crippen LogP) is 4.63. The summed E-state index contributed by atoms with van der Waals surface area (Å²) in [4.78, 5) is 2.44. The van der Waals surface area contributed by atoms with Crippen molar-refractivity contribution in [2.45, 2.75) is 18.9 Å². The Bertz CT molecular complexity index is 1240. The van der Waals surface area contributed by atoms with Gasteiger partial charge in [-0.1, -0.05) is 12.1 Å². The van der Waals surface area contributed by atoms with Crippen molar-refractivity contribution in [3.8, 4) is 45.6 Å². The summed E-state index contributed by atoms with van der Waals surface area (Å²) in [5.41, 5.74) is 5.25. The topological polar surface area (TPSA) is 69.6 Å². The first-order valence-corrected chi connectivity index (χ1v) is 11.8. The number of benzene rings is 3. The zero-order chi connectivity index (χ0) is 24.5. The van der Waals surface area contributed by atoms with Crippen LogP contribution < -0.4 is 23.7 Å². The molecule has 184 valence electrons. The number of hydrogen-bond acceptors (Lipinski definition) is 7. The Kier molecular flexibility index (Phi) is 6.34. The number of hydrogen-bond donors (Lipinski definition) is 1. The molecule has 0 spiro atoms. The summed E-state index contributed by atoms with van der Waals surface area (Å²) >= 11 is 0. The van der Waals surface area contributed by atoms with E-state index in [2.05, 4.69) is 4.90 Å². The summed E-state index contributed by atoms with van der Waals surface area (Å²) in [7, 11) is 6.51. The Hall–Kier alpha value is -3.58. The van der Waals surface area contributed by atoms with Crippen LogP contribution in [0.2, 0.25) is 0 Å². The zero-order valence-electron chi connectivity index (χ0n) is 20.6. The van der Waals surface area contributed by atoms with Crippen molar-refractivity contribution in [3.05, 3.63) is 59.2 Å². The van der Waals surface area contributed by atoms with E-state index < -0.39 is 0 Å². The number of fused-ring (bicyclic) bond motifs is 2. The summed E-state index contributed by atoms with van der Waals surface area (Å²) in [5.74, 6) is 3.44. The van der Waals surface area contributed by atoms with Crippen molar-refractivity contribution in [2.75, 3.05) is 48.1 Å². The van der Waals surface area contributed by atoms with Crippen LogP contribution >= 0.6 is 0 Å². The third-order valence-corrected chi connectivity index (χ3v) is 7.05. The molecule has 35 heavy (non-hydrogen) atoms. The number of nitrogens with zero attached hydrogens (tertiary/aromatic N) is 1. The highest BCUT2D eigenvalue weighted by Gasteiger charge is 2.37. The van der Waals surface area contributed by atoms with Crippen LogP contribution in [0.15, 0.2) is 42.5 Å². The van der Waals surface area contributed by atoms with Crippen LogP contribution in [0.4, 0.5) is 0 Å². The average Bonchev–Trinajstić information content (AvgIpc) is 2.90. The van der Waals surface area contributed by atoms with Crippen molar-refractivity contribution in [3.63, 3.8) is 0 Å². The summed E-state index contributed by atoms with van der Waals surface area (Å²) in [6.07, 6.45) is 1.67. The standard InChI is InChI=1S/C28H31NO6/c1-31-21-7-5-6-8-22(21)35-12-11-29-10-9-17-14-25(34-4)28(30)27-19-16-24(33-3)23(32-2)15-18(19)13-20(29)26(17)27/h5-8,14-16,20,30H,9-13H2,1-4H3. The van der Waals surface area contributed by atoms with Gasteiger partial charge in [-0.2, -0.15) is 0 Å². The van der Waals surface area contributed by atoms with Gasteiger partial charge in [-0.25, -0.2) is 0 Å². The molecule has 7 heteroatoms. The third kappa shape index (κ3) is 4.00. The highest BCUT2D eigenvalue weighted by atomic mass is 16.5. The number of para-hydroxylation sites is 2. The van der Waals surface area contributed by atoms with Crippen LogP contribution in [0.5, 0.6) is 34.5 Å². The highest BCUT2D eigenvalue weighted by Crippen LogP contribution is 2.53. The minimum Gasteiger partial charge on any atom is -0.504 e. The minimum absolute atomic E-state index is 0.109. The molecule has 3 aromatic carbocycles. The SMILES string of the molecule is COc1cc2c(cc1OC)-c1c(O)c(OC)cc3c1C(C2)N(CCOc1ccccc1OC)CC3. The lowest BCUT2D eigenvalue weighted by Crippen LogP contribution is -2.40. The van der Waals surface area contributed by atoms with Crippen molar-refractivity contribution >= 4 is 0 Å². The van der Waals surface area contributed by atoms with Crippen molar-refractivity contribution in [1.82, 2.24) is 4.90 Å². The molecule has 1 aliphatic carbocycles. The van der Waals surface area contributed by atoms with Gasteiger partial charge < -0.3 is 28.8 Å². The van der Waals surface area contributed by atoms with Crippen LogP contribution in [0.3, 0.4) is 0 Å². The van der Waals surface area contributed by atoms with Gasteiger partial charge in [0.25, 0.3) is 0 Å². The van der Waals surface area contributed by atoms with Gasteiger partial charge in [0.1, 0.15) is 6.61 Å². The molecular weight excluding hydrogens is 446 g/mol. The Morgan fingerprint density at radius 3 is 2.20 bits per heavy atom. The predicted molar refractivity (Wildman–Crippen MR) is 133 cm³/mol. The number of rotatable bonds is 8. The molecular formula is C28H31NO6. The van der Waals surface area contributed by atoms with E-state index in [1.54, 1.807) is 28.4 Å². The quantitative estimate of drug-likeness (QED) is 0.507. The highest BCUT2D eigenvalue weighted by molar-refractivity contribution is 5.84. The second-order valence-corrected chi connectivity index (χ2v) is 8.74. The Balaban J connectivity index is 1.51.